The summed E-state index contributed by atoms with van der Waals surface area (Å²) in [5.41, 5.74) is 2.62. The van der Waals surface area contributed by atoms with E-state index in [1.807, 2.05) is 12.1 Å². The number of hydroxylamine groups is 3. The third kappa shape index (κ3) is 5.84. The first-order valence-corrected chi connectivity index (χ1v) is 9.54. The summed E-state index contributed by atoms with van der Waals surface area (Å²) >= 11 is 6.07. The van der Waals surface area contributed by atoms with Gasteiger partial charge in [-0.2, -0.15) is 0 Å². The van der Waals surface area contributed by atoms with Crippen molar-refractivity contribution in [3.05, 3.63) is 41.1 Å². The normalized spacial score (nSPS) is 21.7. The van der Waals surface area contributed by atoms with E-state index in [0.29, 0.717) is 23.5 Å². The molecular weight excluding hydrogens is 384 g/mol. The predicted molar refractivity (Wildman–Crippen MR) is 112 cm³/mol. The first-order chi connectivity index (χ1) is 13.3. The summed E-state index contributed by atoms with van der Waals surface area (Å²) in [6.07, 6.45) is 0.787. The number of anilines is 1. The second-order valence-corrected chi connectivity index (χ2v) is 7.27. The van der Waals surface area contributed by atoms with Gasteiger partial charge in [-0.15, -0.1) is 11.6 Å². The number of aliphatic hydroxyl groups is 3. The lowest BCUT2D eigenvalue weighted by Gasteiger charge is -2.42. The van der Waals surface area contributed by atoms with Crippen molar-refractivity contribution < 1.29 is 20.0 Å². The van der Waals surface area contributed by atoms with E-state index in [0.717, 1.165) is 5.69 Å². The van der Waals surface area contributed by atoms with Crippen molar-refractivity contribution in [2.24, 2.45) is 4.99 Å². The average Bonchev–Trinajstić information content (AvgIpc) is 2.66. The highest BCUT2D eigenvalue weighted by Crippen LogP contribution is 2.23. The standard InChI is InChI=1S/C19H27ClN4O4/c1-13-12-16(18(21)17(20)19(13)27)23-15-4-2-14(3-5-15)22-6-7-24(28,8-10-25)9-11-26/h2-5,12,17,19,21-22,25-27H,6-11H2,1H3. The maximum absolute atomic E-state index is 12.4. The third-order valence-corrected chi connectivity index (χ3v) is 5.10. The van der Waals surface area contributed by atoms with Gasteiger partial charge in [0.15, 0.2) is 0 Å². The van der Waals surface area contributed by atoms with Crippen LogP contribution in [0.2, 0.25) is 0 Å². The van der Waals surface area contributed by atoms with Crippen LogP contribution >= 0.6 is 11.6 Å². The summed E-state index contributed by atoms with van der Waals surface area (Å²) in [4.78, 5) is 4.43. The number of allylic oxidation sites excluding steroid dienone is 1. The van der Waals surface area contributed by atoms with E-state index in [-0.39, 0.29) is 38.6 Å². The van der Waals surface area contributed by atoms with E-state index in [9.17, 15) is 10.3 Å². The molecule has 0 saturated carbocycles. The minimum Gasteiger partial charge on any atom is -0.633 e. The quantitative estimate of drug-likeness (QED) is 0.238. The zero-order chi connectivity index (χ0) is 20.7. The molecule has 1 aliphatic rings. The number of halogens is 1. The molecule has 0 radical (unpaired) electrons. The molecule has 2 rings (SSSR count). The molecular formula is C19H27ClN4O4. The molecule has 0 aromatic heterocycles. The summed E-state index contributed by atoms with van der Waals surface area (Å²) in [7, 11) is 0. The Kier molecular flexibility index (Phi) is 8.11. The number of hydrogen-bond donors (Lipinski definition) is 5. The van der Waals surface area contributed by atoms with Gasteiger partial charge in [0.2, 0.25) is 0 Å². The van der Waals surface area contributed by atoms with Crippen LogP contribution in [0.25, 0.3) is 0 Å². The number of rotatable bonds is 9. The van der Waals surface area contributed by atoms with Crippen molar-refractivity contribution in [3.8, 4) is 0 Å². The molecule has 28 heavy (non-hydrogen) atoms. The topological polar surface area (TPSA) is 132 Å². The molecule has 2 atom stereocenters. The van der Waals surface area contributed by atoms with Gasteiger partial charge in [0.05, 0.1) is 49.5 Å². The molecule has 1 aromatic carbocycles. The van der Waals surface area contributed by atoms with Gasteiger partial charge in [-0.25, -0.2) is 4.99 Å². The average molecular weight is 411 g/mol. The van der Waals surface area contributed by atoms with Crippen molar-refractivity contribution in [1.29, 1.82) is 5.41 Å². The zero-order valence-corrected chi connectivity index (χ0v) is 16.6. The minimum absolute atomic E-state index is 0.0494. The maximum atomic E-state index is 12.4. The Morgan fingerprint density at radius 3 is 2.36 bits per heavy atom. The molecule has 1 aromatic rings. The van der Waals surface area contributed by atoms with Crippen LogP contribution < -0.4 is 5.32 Å². The molecule has 0 aliphatic heterocycles. The summed E-state index contributed by atoms with van der Waals surface area (Å²) < 4.78 is -0.648. The number of benzene rings is 1. The van der Waals surface area contributed by atoms with Gasteiger partial charge in [-0.3, -0.25) is 0 Å². The van der Waals surface area contributed by atoms with E-state index >= 15 is 0 Å². The Hall–Kier alpha value is -1.81. The zero-order valence-electron chi connectivity index (χ0n) is 15.8. The second kappa shape index (κ2) is 10.1. The molecule has 0 fully saturated rings. The Morgan fingerprint density at radius 2 is 1.79 bits per heavy atom. The van der Waals surface area contributed by atoms with Crippen LogP contribution in [0, 0.1) is 10.6 Å². The fraction of sp³-hybridized carbons (Fsp3) is 0.474. The van der Waals surface area contributed by atoms with Crippen LogP contribution in [0.1, 0.15) is 6.92 Å². The van der Waals surface area contributed by atoms with Crippen molar-refractivity contribution in [1.82, 2.24) is 0 Å². The summed E-state index contributed by atoms with van der Waals surface area (Å²) in [6.45, 7) is 2.03. The molecule has 0 bridgehead atoms. The predicted octanol–water partition coefficient (Wildman–Crippen LogP) is 1.42. The fourth-order valence-corrected chi connectivity index (χ4v) is 3.21. The Balaban J connectivity index is 1.99. The highest BCUT2D eigenvalue weighted by molar-refractivity contribution is 6.56. The Morgan fingerprint density at radius 1 is 1.18 bits per heavy atom. The lowest BCUT2D eigenvalue weighted by atomic mass is 9.94. The number of nitrogens with zero attached hydrogens (tertiary/aromatic N) is 2. The summed E-state index contributed by atoms with van der Waals surface area (Å²) in [5.74, 6) is 0. The highest BCUT2D eigenvalue weighted by atomic mass is 35.5. The van der Waals surface area contributed by atoms with Gasteiger partial charge in [-0.1, -0.05) is 0 Å². The van der Waals surface area contributed by atoms with E-state index in [1.54, 1.807) is 25.1 Å². The molecule has 0 spiro atoms. The fourth-order valence-electron chi connectivity index (χ4n) is 2.90. The summed E-state index contributed by atoms with van der Waals surface area (Å²) in [6, 6.07) is 7.18. The molecule has 5 N–H and O–H groups in total. The van der Waals surface area contributed by atoms with Gasteiger partial charge in [-0.05, 0) is 42.8 Å². The minimum atomic E-state index is -0.872. The molecule has 0 saturated heterocycles. The van der Waals surface area contributed by atoms with E-state index in [1.165, 1.54) is 0 Å². The number of aliphatic hydroxyl groups excluding tert-OH is 3. The van der Waals surface area contributed by atoms with Gasteiger partial charge in [0, 0.05) is 5.69 Å². The van der Waals surface area contributed by atoms with E-state index in [2.05, 4.69) is 10.3 Å². The molecule has 8 nitrogen and oxygen atoms in total. The lowest BCUT2D eigenvalue weighted by molar-refractivity contribution is -0.879. The SMILES string of the molecule is CC1=CC(=Nc2ccc(NCC[N+]([O-])(CCO)CCO)cc2)C(=N)C(Cl)C1O. The second-order valence-electron chi connectivity index (χ2n) is 6.80. The van der Waals surface area contributed by atoms with Gasteiger partial charge >= 0.3 is 0 Å². The monoisotopic (exact) mass is 410 g/mol. The Bertz CT molecular complexity index is 730. The Labute approximate surface area is 169 Å². The van der Waals surface area contributed by atoms with Crippen LogP contribution in [-0.4, -0.2) is 82.3 Å². The third-order valence-electron chi connectivity index (χ3n) is 4.64. The first-order valence-electron chi connectivity index (χ1n) is 9.10. The van der Waals surface area contributed by atoms with Crippen LogP contribution in [0.15, 0.2) is 40.9 Å². The van der Waals surface area contributed by atoms with E-state index < -0.39 is 16.1 Å². The molecule has 0 amide bonds. The van der Waals surface area contributed by atoms with Gasteiger partial charge < -0.3 is 35.9 Å². The van der Waals surface area contributed by atoms with Crippen LogP contribution in [0.4, 0.5) is 11.4 Å². The van der Waals surface area contributed by atoms with Crippen LogP contribution in [-0.2, 0) is 0 Å². The van der Waals surface area contributed by atoms with Crippen molar-refractivity contribution in [2.45, 2.75) is 18.4 Å². The number of hydrogen-bond acceptors (Lipinski definition) is 7. The lowest BCUT2D eigenvalue weighted by Crippen LogP contribution is -2.49. The van der Waals surface area contributed by atoms with E-state index in [4.69, 9.17) is 27.2 Å². The molecule has 154 valence electrons. The van der Waals surface area contributed by atoms with Crippen LogP contribution in [0.3, 0.4) is 0 Å². The van der Waals surface area contributed by atoms with Crippen molar-refractivity contribution in [3.63, 3.8) is 0 Å². The van der Waals surface area contributed by atoms with Gasteiger partial charge in [0.1, 0.15) is 18.5 Å². The smallest absolute Gasteiger partial charge is 0.107 e. The molecule has 2 unspecified atom stereocenters. The molecule has 1 aliphatic carbocycles. The largest absolute Gasteiger partial charge is 0.633 e. The summed E-state index contributed by atoms with van der Waals surface area (Å²) in [5, 5.41) is 50.6. The first kappa shape index (κ1) is 22.5. The highest BCUT2D eigenvalue weighted by Gasteiger charge is 2.29. The van der Waals surface area contributed by atoms with Gasteiger partial charge in [0.25, 0.3) is 0 Å². The molecule has 9 heteroatoms. The molecule has 0 heterocycles. The number of quaternary nitrogens is 1. The number of aliphatic imine (C=N–C) groups is 1. The number of nitrogens with one attached hydrogen (secondary N) is 2. The van der Waals surface area contributed by atoms with Crippen LogP contribution in [0.5, 0.6) is 0 Å². The maximum Gasteiger partial charge on any atom is 0.107 e. The van der Waals surface area contributed by atoms with Crippen molar-refractivity contribution in [2.75, 3.05) is 44.7 Å². The number of alkyl halides is 1. The van der Waals surface area contributed by atoms with Crippen molar-refractivity contribution >= 4 is 34.4 Å².